The Hall–Kier alpha value is -0.590. The average molecular weight is 238 g/mol. The molecule has 0 amide bonds. The lowest BCUT2D eigenvalue weighted by Crippen LogP contribution is -2.41. The van der Waals surface area contributed by atoms with Gasteiger partial charge in [0.1, 0.15) is 5.54 Å². The van der Waals surface area contributed by atoms with Crippen molar-refractivity contribution in [2.24, 2.45) is 5.92 Å². The molecular weight excluding hydrogens is 212 g/mol. The Bertz CT molecular complexity index is 255. The summed E-state index contributed by atoms with van der Waals surface area (Å²) in [5.74, 6) is 0.745. The van der Waals surface area contributed by atoms with Gasteiger partial charge < -0.3 is 10.1 Å². The van der Waals surface area contributed by atoms with E-state index in [9.17, 15) is 0 Å². The van der Waals surface area contributed by atoms with Crippen molar-refractivity contribution in [3.8, 4) is 6.07 Å². The topological polar surface area (TPSA) is 45.0 Å². The number of nitrogens with zero attached hydrogens (tertiary/aromatic N) is 1. The van der Waals surface area contributed by atoms with Crippen LogP contribution >= 0.6 is 0 Å². The lowest BCUT2D eigenvalue weighted by Gasteiger charge is -2.27. The summed E-state index contributed by atoms with van der Waals surface area (Å²) in [4.78, 5) is 0. The molecule has 0 aromatic heterocycles. The van der Waals surface area contributed by atoms with Crippen LogP contribution in [0.4, 0.5) is 0 Å². The lowest BCUT2D eigenvalue weighted by molar-refractivity contribution is 0.0178. The van der Waals surface area contributed by atoms with Crippen molar-refractivity contribution in [2.75, 3.05) is 13.7 Å². The molecule has 3 heteroatoms. The van der Waals surface area contributed by atoms with Gasteiger partial charge in [-0.05, 0) is 39.7 Å². The van der Waals surface area contributed by atoms with Gasteiger partial charge in [0.2, 0.25) is 0 Å². The van der Waals surface area contributed by atoms with Crippen LogP contribution in [0.1, 0.15) is 52.4 Å². The maximum Gasteiger partial charge on any atom is 0.106 e. The molecule has 98 valence electrons. The molecule has 0 radical (unpaired) electrons. The van der Waals surface area contributed by atoms with E-state index in [1.807, 2.05) is 14.0 Å². The minimum Gasteiger partial charge on any atom is -0.378 e. The third kappa shape index (κ3) is 5.06. The minimum absolute atomic E-state index is 0.147. The fourth-order valence-electron chi connectivity index (χ4n) is 2.49. The standard InChI is InChI=1S/C14H26N2O/c1-12(9-14(2,11-15)16-3)17-10-13-7-5-4-6-8-13/h12-13,16H,4-10H2,1-3H3. The first-order valence-electron chi connectivity index (χ1n) is 6.81. The second-order valence-electron chi connectivity index (χ2n) is 5.55. The van der Waals surface area contributed by atoms with E-state index in [0.717, 1.165) is 18.9 Å². The molecule has 0 aromatic carbocycles. The van der Waals surface area contributed by atoms with E-state index in [1.165, 1.54) is 32.1 Å². The predicted octanol–water partition coefficient (Wildman–Crippen LogP) is 2.86. The zero-order chi connectivity index (χ0) is 12.7. The van der Waals surface area contributed by atoms with Gasteiger partial charge in [0.25, 0.3) is 0 Å². The van der Waals surface area contributed by atoms with Crippen molar-refractivity contribution < 1.29 is 4.74 Å². The fraction of sp³-hybridized carbons (Fsp3) is 0.929. The molecule has 2 unspecified atom stereocenters. The van der Waals surface area contributed by atoms with Gasteiger partial charge in [-0.2, -0.15) is 5.26 Å². The van der Waals surface area contributed by atoms with Crippen molar-refractivity contribution >= 4 is 0 Å². The largest absolute Gasteiger partial charge is 0.378 e. The molecule has 1 rings (SSSR count). The number of nitriles is 1. The van der Waals surface area contributed by atoms with Crippen LogP contribution in [0.3, 0.4) is 0 Å². The van der Waals surface area contributed by atoms with Crippen molar-refractivity contribution in [2.45, 2.75) is 64.0 Å². The second kappa shape index (κ2) is 6.98. The summed E-state index contributed by atoms with van der Waals surface area (Å²) in [6.07, 6.45) is 7.62. The molecule has 1 fully saturated rings. The monoisotopic (exact) mass is 238 g/mol. The summed E-state index contributed by atoms with van der Waals surface area (Å²) in [5, 5.41) is 12.1. The van der Waals surface area contributed by atoms with Crippen LogP contribution in [0.2, 0.25) is 0 Å². The number of hydrogen-bond acceptors (Lipinski definition) is 3. The van der Waals surface area contributed by atoms with Gasteiger partial charge in [0, 0.05) is 13.0 Å². The summed E-state index contributed by atoms with van der Waals surface area (Å²) in [7, 11) is 1.83. The van der Waals surface area contributed by atoms with E-state index in [1.54, 1.807) is 0 Å². The van der Waals surface area contributed by atoms with Crippen molar-refractivity contribution in [3.05, 3.63) is 0 Å². The maximum atomic E-state index is 9.08. The van der Waals surface area contributed by atoms with Crippen LogP contribution in [-0.4, -0.2) is 25.3 Å². The van der Waals surface area contributed by atoms with Crippen molar-refractivity contribution in [1.82, 2.24) is 5.32 Å². The van der Waals surface area contributed by atoms with Crippen molar-refractivity contribution in [1.29, 1.82) is 5.26 Å². The molecule has 0 aliphatic heterocycles. The van der Waals surface area contributed by atoms with Gasteiger partial charge in [0.15, 0.2) is 0 Å². The second-order valence-corrected chi connectivity index (χ2v) is 5.55. The molecule has 1 aliphatic rings. The van der Waals surface area contributed by atoms with Crippen LogP contribution < -0.4 is 5.32 Å². The summed E-state index contributed by atoms with van der Waals surface area (Å²) in [6.45, 7) is 4.86. The van der Waals surface area contributed by atoms with E-state index in [0.29, 0.717) is 0 Å². The fourth-order valence-corrected chi connectivity index (χ4v) is 2.49. The highest BCUT2D eigenvalue weighted by atomic mass is 16.5. The van der Waals surface area contributed by atoms with Crippen LogP contribution in [0.15, 0.2) is 0 Å². The average Bonchev–Trinajstić information content (AvgIpc) is 2.37. The highest BCUT2D eigenvalue weighted by Crippen LogP contribution is 2.24. The first-order valence-corrected chi connectivity index (χ1v) is 6.81. The smallest absolute Gasteiger partial charge is 0.106 e. The first kappa shape index (κ1) is 14.5. The van der Waals surface area contributed by atoms with E-state index >= 15 is 0 Å². The Kier molecular flexibility index (Phi) is 5.94. The summed E-state index contributed by atoms with van der Waals surface area (Å²) >= 11 is 0. The molecule has 1 saturated carbocycles. The molecule has 2 atom stereocenters. The third-order valence-corrected chi connectivity index (χ3v) is 3.84. The first-order chi connectivity index (χ1) is 8.09. The Labute approximate surface area is 106 Å². The molecule has 1 N–H and O–H groups in total. The molecular formula is C14H26N2O. The van der Waals surface area contributed by atoms with Crippen molar-refractivity contribution in [3.63, 3.8) is 0 Å². The lowest BCUT2D eigenvalue weighted by atomic mass is 9.90. The molecule has 0 spiro atoms. The molecule has 3 nitrogen and oxygen atoms in total. The van der Waals surface area contributed by atoms with E-state index in [2.05, 4.69) is 18.3 Å². The molecule has 1 aliphatic carbocycles. The van der Waals surface area contributed by atoms with Gasteiger partial charge in [-0.15, -0.1) is 0 Å². The molecule has 0 saturated heterocycles. The Morgan fingerprint density at radius 3 is 2.59 bits per heavy atom. The zero-order valence-electron chi connectivity index (χ0n) is 11.5. The summed E-state index contributed by atoms with van der Waals surface area (Å²) in [6, 6.07) is 2.31. The van der Waals surface area contributed by atoms with Gasteiger partial charge >= 0.3 is 0 Å². The normalized spacial score (nSPS) is 22.7. The van der Waals surface area contributed by atoms with Crippen LogP contribution in [0, 0.1) is 17.2 Å². The number of ether oxygens (including phenoxy) is 1. The van der Waals surface area contributed by atoms with Gasteiger partial charge in [-0.25, -0.2) is 0 Å². The number of hydrogen-bond donors (Lipinski definition) is 1. The third-order valence-electron chi connectivity index (χ3n) is 3.84. The van der Waals surface area contributed by atoms with E-state index in [4.69, 9.17) is 10.00 Å². The summed E-state index contributed by atoms with van der Waals surface area (Å²) < 4.78 is 5.89. The Morgan fingerprint density at radius 2 is 2.06 bits per heavy atom. The number of rotatable bonds is 6. The zero-order valence-corrected chi connectivity index (χ0v) is 11.5. The molecule has 17 heavy (non-hydrogen) atoms. The maximum absolute atomic E-state index is 9.08. The Morgan fingerprint density at radius 1 is 1.41 bits per heavy atom. The summed E-state index contributed by atoms with van der Waals surface area (Å²) in [5.41, 5.74) is -0.466. The van der Waals surface area contributed by atoms with Gasteiger partial charge in [-0.1, -0.05) is 19.3 Å². The Balaban J connectivity index is 2.24. The van der Waals surface area contributed by atoms with Crippen LogP contribution in [0.5, 0.6) is 0 Å². The van der Waals surface area contributed by atoms with Gasteiger partial charge in [0.05, 0.1) is 12.2 Å². The van der Waals surface area contributed by atoms with Crippen LogP contribution in [-0.2, 0) is 4.74 Å². The van der Waals surface area contributed by atoms with E-state index in [-0.39, 0.29) is 6.10 Å². The van der Waals surface area contributed by atoms with Crippen LogP contribution in [0.25, 0.3) is 0 Å². The minimum atomic E-state index is -0.466. The quantitative estimate of drug-likeness (QED) is 0.774. The number of nitrogens with one attached hydrogen (secondary N) is 1. The molecule has 0 heterocycles. The highest BCUT2D eigenvalue weighted by Gasteiger charge is 2.25. The predicted molar refractivity (Wildman–Crippen MR) is 69.7 cm³/mol. The SMILES string of the molecule is CNC(C)(C#N)CC(C)OCC1CCCCC1. The highest BCUT2D eigenvalue weighted by molar-refractivity contribution is 5.03. The van der Waals surface area contributed by atoms with Gasteiger partial charge in [-0.3, -0.25) is 0 Å². The van der Waals surface area contributed by atoms with E-state index < -0.39 is 5.54 Å². The molecule has 0 aromatic rings. The molecule has 0 bridgehead atoms.